The van der Waals surface area contributed by atoms with E-state index in [0.29, 0.717) is 11.6 Å². The number of hydrogen-bond donors (Lipinski definition) is 2. The molecule has 2 unspecified atom stereocenters. The number of nitrogen functional groups attached to an aromatic ring is 1. The molecule has 1 fully saturated rings. The van der Waals surface area contributed by atoms with Gasteiger partial charge in [-0.2, -0.15) is 0 Å². The molecule has 0 bridgehead atoms. The van der Waals surface area contributed by atoms with Crippen LogP contribution in [-0.4, -0.2) is 18.6 Å². The van der Waals surface area contributed by atoms with Crippen LogP contribution in [0.5, 0.6) is 0 Å². The van der Waals surface area contributed by atoms with Crippen LogP contribution in [0.2, 0.25) is 0 Å². The molecule has 0 saturated heterocycles. The van der Waals surface area contributed by atoms with Gasteiger partial charge in [-0.3, -0.25) is 0 Å². The largest absolute Gasteiger partial charge is 0.462 e. The molecule has 2 rings (SSSR count). The number of halogens is 1. The Balaban J connectivity index is 2.18. The number of carbonyl (C=O) groups excluding carboxylic acids is 1. The van der Waals surface area contributed by atoms with E-state index in [-0.39, 0.29) is 23.9 Å². The maximum Gasteiger partial charge on any atom is 0.340 e. The number of hydrogen-bond acceptors (Lipinski definition) is 4. The van der Waals surface area contributed by atoms with Crippen molar-refractivity contribution >= 4 is 17.3 Å². The lowest BCUT2D eigenvalue weighted by Crippen LogP contribution is -2.26. The van der Waals surface area contributed by atoms with Gasteiger partial charge in [-0.1, -0.05) is 19.8 Å². The standard InChI is InChI=1S/C16H23FN2O2/c1-3-21-16(20)12-8-15(13(17)9-14(12)18)19-11-6-4-5-10(2)7-11/h8-11,19H,3-7,18H2,1-2H3. The first-order valence-corrected chi connectivity index (χ1v) is 7.54. The second-order valence-corrected chi connectivity index (χ2v) is 5.75. The van der Waals surface area contributed by atoms with Crippen LogP contribution >= 0.6 is 0 Å². The van der Waals surface area contributed by atoms with E-state index in [1.807, 2.05) is 0 Å². The van der Waals surface area contributed by atoms with Crippen LogP contribution in [0.25, 0.3) is 0 Å². The van der Waals surface area contributed by atoms with Crippen molar-refractivity contribution in [2.24, 2.45) is 5.92 Å². The van der Waals surface area contributed by atoms with E-state index in [9.17, 15) is 9.18 Å². The molecular formula is C16H23FN2O2. The smallest absolute Gasteiger partial charge is 0.340 e. The number of carbonyl (C=O) groups is 1. The second kappa shape index (κ2) is 6.78. The highest BCUT2D eigenvalue weighted by molar-refractivity contribution is 5.96. The number of rotatable bonds is 4. The first kappa shape index (κ1) is 15.6. The molecule has 5 heteroatoms. The molecule has 21 heavy (non-hydrogen) atoms. The molecule has 1 aromatic carbocycles. The maximum atomic E-state index is 14.0. The summed E-state index contributed by atoms with van der Waals surface area (Å²) in [4.78, 5) is 11.8. The number of esters is 1. The fourth-order valence-corrected chi connectivity index (χ4v) is 2.87. The number of ether oxygens (including phenoxy) is 1. The zero-order valence-electron chi connectivity index (χ0n) is 12.6. The Kier molecular flexibility index (Phi) is 5.04. The van der Waals surface area contributed by atoms with Gasteiger partial charge in [0.05, 0.1) is 17.9 Å². The first-order chi connectivity index (χ1) is 10.0. The van der Waals surface area contributed by atoms with Gasteiger partial charge in [0.15, 0.2) is 0 Å². The van der Waals surface area contributed by atoms with E-state index in [0.717, 1.165) is 19.3 Å². The third kappa shape index (κ3) is 3.86. The van der Waals surface area contributed by atoms with Gasteiger partial charge in [-0.25, -0.2) is 9.18 Å². The summed E-state index contributed by atoms with van der Waals surface area (Å²) in [6.45, 7) is 4.19. The van der Waals surface area contributed by atoms with Gasteiger partial charge in [0.1, 0.15) is 5.82 Å². The topological polar surface area (TPSA) is 64.3 Å². The van der Waals surface area contributed by atoms with E-state index in [1.165, 1.54) is 18.6 Å². The maximum absolute atomic E-state index is 14.0. The Hall–Kier alpha value is -1.78. The van der Waals surface area contributed by atoms with Crippen molar-refractivity contribution in [3.63, 3.8) is 0 Å². The molecule has 0 spiro atoms. The molecule has 0 aromatic heterocycles. The Labute approximate surface area is 124 Å². The van der Waals surface area contributed by atoms with Crippen molar-refractivity contribution in [3.8, 4) is 0 Å². The average molecular weight is 294 g/mol. The van der Waals surface area contributed by atoms with Crippen LogP contribution in [0.3, 0.4) is 0 Å². The molecule has 4 nitrogen and oxygen atoms in total. The van der Waals surface area contributed by atoms with Gasteiger partial charge >= 0.3 is 5.97 Å². The molecule has 0 radical (unpaired) electrons. The van der Waals surface area contributed by atoms with Crippen molar-refractivity contribution in [1.29, 1.82) is 0 Å². The van der Waals surface area contributed by atoms with E-state index in [2.05, 4.69) is 12.2 Å². The summed E-state index contributed by atoms with van der Waals surface area (Å²) in [5.74, 6) is -0.313. The molecular weight excluding hydrogens is 271 g/mol. The summed E-state index contributed by atoms with van der Waals surface area (Å²) in [7, 11) is 0. The minimum Gasteiger partial charge on any atom is -0.462 e. The lowest BCUT2D eigenvalue weighted by molar-refractivity contribution is 0.0527. The molecule has 1 aromatic rings. The summed E-state index contributed by atoms with van der Waals surface area (Å²) in [6.07, 6.45) is 4.39. The van der Waals surface area contributed by atoms with Gasteiger partial charge in [0.25, 0.3) is 0 Å². The van der Waals surface area contributed by atoms with E-state index >= 15 is 0 Å². The number of anilines is 2. The molecule has 0 heterocycles. The Morgan fingerprint density at radius 1 is 1.48 bits per heavy atom. The summed E-state index contributed by atoms with van der Waals surface area (Å²) in [5, 5.41) is 3.21. The fraction of sp³-hybridized carbons (Fsp3) is 0.562. The van der Waals surface area contributed by atoms with Crippen molar-refractivity contribution < 1.29 is 13.9 Å². The van der Waals surface area contributed by atoms with Gasteiger partial charge < -0.3 is 15.8 Å². The highest BCUT2D eigenvalue weighted by Gasteiger charge is 2.21. The van der Waals surface area contributed by atoms with Gasteiger partial charge in [0.2, 0.25) is 0 Å². The molecule has 1 aliphatic rings. The van der Waals surface area contributed by atoms with Crippen molar-refractivity contribution in [2.75, 3.05) is 17.7 Å². The second-order valence-electron chi connectivity index (χ2n) is 5.75. The van der Waals surface area contributed by atoms with E-state index in [4.69, 9.17) is 10.5 Å². The quantitative estimate of drug-likeness (QED) is 0.658. The number of nitrogens with one attached hydrogen (secondary N) is 1. The SMILES string of the molecule is CCOC(=O)c1cc(NC2CCCC(C)C2)c(F)cc1N. The lowest BCUT2D eigenvalue weighted by atomic mass is 9.87. The molecule has 1 saturated carbocycles. The number of benzene rings is 1. The van der Waals surface area contributed by atoms with Crippen molar-refractivity contribution in [3.05, 3.63) is 23.5 Å². The highest BCUT2D eigenvalue weighted by Crippen LogP contribution is 2.29. The Bertz CT molecular complexity index is 519. The van der Waals surface area contributed by atoms with Crippen LogP contribution < -0.4 is 11.1 Å². The normalized spacial score (nSPS) is 21.9. The lowest BCUT2D eigenvalue weighted by Gasteiger charge is -2.28. The number of nitrogens with two attached hydrogens (primary N) is 1. The summed E-state index contributed by atoms with van der Waals surface area (Å²) in [5.41, 5.74) is 6.35. The zero-order valence-corrected chi connectivity index (χ0v) is 12.6. The predicted molar refractivity (Wildman–Crippen MR) is 81.8 cm³/mol. The van der Waals surface area contributed by atoms with Crippen molar-refractivity contribution in [2.45, 2.75) is 45.6 Å². The fourth-order valence-electron chi connectivity index (χ4n) is 2.87. The minimum atomic E-state index is -0.518. The van der Waals surface area contributed by atoms with Gasteiger partial charge in [-0.05, 0) is 37.8 Å². The Morgan fingerprint density at radius 2 is 2.24 bits per heavy atom. The van der Waals surface area contributed by atoms with Crippen LogP contribution in [0, 0.1) is 11.7 Å². The van der Waals surface area contributed by atoms with Gasteiger partial charge in [-0.15, -0.1) is 0 Å². The zero-order chi connectivity index (χ0) is 15.4. The minimum absolute atomic E-state index is 0.105. The average Bonchev–Trinajstić information content (AvgIpc) is 2.42. The van der Waals surface area contributed by atoms with E-state index in [1.54, 1.807) is 6.92 Å². The Morgan fingerprint density at radius 3 is 2.90 bits per heavy atom. The third-order valence-corrected chi connectivity index (χ3v) is 3.93. The summed E-state index contributed by atoms with van der Waals surface area (Å²) in [6, 6.07) is 2.88. The van der Waals surface area contributed by atoms with Crippen LogP contribution in [-0.2, 0) is 4.74 Å². The summed E-state index contributed by atoms with van der Waals surface area (Å²) >= 11 is 0. The molecule has 2 atom stereocenters. The molecule has 1 aliphatic carbocycles. The van der Waals surface area contributed by atoms with Crippen molar-refractivity contribution in [1.82, 2.24) is 0 Å². The van der Waals surface area contributed by atoms with Gasteiger partial charge in [0, 0.05) is 11.7 Å². The first-order valence-electron chi connectivity index (χ1n) is 7.54. The summed E-state index contributed by atoms with van der Waals surface area (Å²) < 4.78 is 19.0. The van der Waals surface area contributed by atoms with Crippen LogP contribution in [0.1, 0.15) is 49.9 Å². The molecule has 0 aliphatic heterocycles. The van der Waals surface area contributed by atoms with E-state index < -0.39 is 11.8 Å². The highest BCUT2D eigenvalue weighted by atomic mass is 19.1. The third-order valence-electron chi connectivity index (χ3n) is 3.93. The molecule has 0 amide bonds. The molecule has 3 N–H and O–H groups in total. The monoisotopic (exact) mass is 294 g/mol. The van der Waals surface area contributed by atoms with Crippen LogP contribution in [0.4, 0.5) is 15.8 Å². The van der Waals surface area contributed by atoms with Crippen LogP contribution in [0.15, 0.2) is 12.1 Å². The molecule has 116 valence electrons. The predicted octanol–water partition coefficient (Wildman–Crippen LogP) is 3.58.